The molecule has 2 atom stereocenters. The average molecular weight is 395 g/mol. The minimum atomic E-state index is -0.485. The van der Waals surface area contributed by atoms with Gasteiger partial charge in [-0.15, -0.1) is 0 Å². The predicted octanol–water partition coefficient (Wildman–Crippen LogP) is 1.08. The number of carbonyl (C=O) groups excluding carboxylic acids is 3. The van der Waals surface area contributed by atoms with Gasteiger partial charge >= 0.3 is 0 Å². The number of nitrogens with one attached hydrogen (secondary N) is 3. The van der Waals surface area contributed by atoms with Crippen LogP contribution in [0.25, 0.3) is 0 Å². The summed E-state index contributed by atoms with van der Waals surface area (Å²) in [6.07, 6.45) is 0.824. The fourth-order valence-electron chi connectivity index (χ4n) is 3.43. The summed E-state index contributed by atoms with van der Waals surface area (Å²) >= 11 is 0. The molecule has 3 N–H and O–H groups in total. The van der Waals surface area contributed by atoms with Gasteiger partial charge in [-0.05, 0) is 37.1 Å². The number of quaternary nitrogens is 1. The Hall–Kier alpha value is -3.19. The molecule has 1 unspecified atom stereocenters. The largest absolute Gasteiger partial charge is 0.323 e. The minimum absolute atomic E-state index is 0.0243. The molecule has 1 aliphatic rings. The van der Waals surface area contributed by atoms with Crippen LogP contribution in [0.1, 0.15) is 19.4 Å². The first-order chi connectivity index (χ1) is 13.9. The molecule has 3 amide bonds. The molecular formula is C22H27N4O3+. The molecule has 152 valence electrons. The van der Waals surface area contributed by atoms with Crippen molar-refractivity contribution in [1.82, 2.24) is 0 Å². The molecule has 7 nitrogen and oxygen atoms in total. The van der Waals surface area contributed by atoms with E-state index in [-0.39, 0.29) is 30.8 Å². The van der Waals surface area contributed by atoms with Crippen molar-refractivity contribution < 1.29 is 19.3 Å². The number of anilines is 3. The van der Waals surface area contributed by atoms with Gasteiger partial charge in [-0.3, -0.25) is 19.3 Å². The third kappa shape index (κ3) is 4.63. The number of fused-ring (bicyclic) bond motifs is 1. The van der Waals surface area contributed by atoms with Crippen LogP contribution in [-0.2, 0) is 20.8 Å². The Morgan fingerprint density at radius 1 is 1.17 bits per heavy atom. The second-order valence-electron chi connectivity index (χ2n) is 7.29. The summed E-state index contributed by atoms with van der Waals surface area (Å²) in [5.74, 6) is -0.567. The third-order valence-electron chi connectivity index (χ3n) is 5.26. The predicted molar refractivity (Wildman–Crippen MR) is 113 cm³/mol. The maximum atomic E-state index is 13.1. The molecule has 1 aliphatic heterocycles. The van der Waals surface area contributed by atoms with Gasteiger partial charge in [0.25, 0.3) is 11.8 Å². The summed E-state index contributed by atoms with van der Waals surface area (Å²) in [5, 5.41) is 5.72. The number of nitrogens with zero attached hydrogens (tertiary/aromatic N) is 1. The first-order valence-corrected chi connectivity index (χ1v) is 9.81. The van der Waals surface area contributed by atoms with E-state index in [0.29, 0.717) is 11.4 Å². The molecule has 1 heterocycles. The molecule has 0 saturated carbocycles. The fraction of sp³-hybridized carbons (Fsp3) is 0.318. The molecule has 0 fully saturated rings. The number of para-hydroxylation sites is 3. The summed E-state index contributed by atoms with van der Waals surface area (Å²) < 4.78 is 0. The van der Waals surface area contributed by atoms with Gasteiger partial charge in [-0.25, -0.2) is 0 Å². The molecule has 0 saturated heterocycles. The lowest BCUT2D eigenvalue weighted by molar-refractivity contribution is -0.885. The molecule has 7 heteroatoms. The van der Waals surface area contributed by atoms with Crippen molar-refractivity contribution in [2.45, 2.75) is 26.3 Å². The van der Waals surface area contributed by atoms with Gasteiger partial charge in [0.2, 0.25) is 5.91 Å². The van der Waals surface area contributed by atoms with E-state index in [4.69, 9.17) is 0 Å². The van der Waals surface area contributed by atoms with E-state index >= 15 is 0 Å². The highest BCUT2D eigenvalue weighted by Crippen LogP contribution is 2.29. The normalized spacial score (nSPS) is 15.1. The first-order valence-electron chi connectivity index (χ1n) is 9.81. The lowest BCUT2D eigenvalue weighted by Gasteiger charge is -2.32. The molecule has 29 heavy (non-hydrogen) atoms. The number of carbonyl (C=O) groups is 3. The Kier molecular flexibility index (Phi) is 6.29. The molecule has 0 radical (unpaired) electrons. The molecule has 0 spiro atoms. The van der Waals surface area contributed by atoms with Crippen molar-refractivity contribution in [2.75, 3.05) is 35.7 Å². The summed E-state index contributed by atoms with van der Waals surface area (Å²) in [6.45, 7) is 3.94. The highest BCUT2D eigenvalue weighted by molar-refractivity contribution is 6.10. The zero-order valence-electron chi connectivity index (χ0n) is 17.0. The number of hydrogen-bond acceptors (Lipinski definition) is 3. The minimum Gasteiger partial charge on any atom is -0.323 e. The number of rotatable bonds is 6. The number of likely N-dealkylation sites (N-methyl/N-ethyl adjacent to an activating group) is 1. The number of amides is 3. The topological polar surface area (TPSA) is 83.0 Å². The van der Waals surface area contributed by atoms with Crippen LogP contribution in [0.2, 0.25) is 0 Å². The molecule has 0 aromatic heterocycles. The maximum absolute atomic E-state index is 13.1. The van der Waals surface area contributed by atoms with Gasteiger partial charge < -0.3 is 15.5 Å². The van der Waals surface area contributed by atoms with Crippen molar-refractivity contribution >= 4 is 34.8 Å². The molecule has 0 aliphatic carbocycles. The SMILES string of the molecule is CCc1ccccc1NC(=O)C[NH+](C)[C@H](C)C(=O)N1CC(=O)Nc2ccccc21. The lowest BCUT2D eigenvalue weighted by Crippen LogP contribution is -3.15. The van der Waals surface area contributed by atoms with Crippen LogP contribution >= 0.6 is 0 Å². The highest BCUT2D eigenvalue weighted by atomic mass is 16.2. The Morgan fingerprint density at radius 2 is 1.86 bits per heavy atom. The van der Waals surface area contributed by atoms with Crippen molar-refractivity contribution in [2.24, 2.45) is 0 Å². The van der Waals surface area contributed by atoms with Gasteiger partial charge in [0.15, 0.2) is 12.6 Å². The van der Waals surface area contributed by atoms with Crippen LogP contribution in [0.4, 0.5) is 17.1 Å². The van der Waals surface area contributed by atoms with E-state index in [9.17, 15) is 14.4 Å². The van der Waals surface area contributed by atoms with Crippen LogP contribution in [0, 0.1) is 0 Å². The second kappa shape index (κ2) is 8.87. The lowest BCUT2D eigenvalue weighted by atomic mass is 10.1. The van der Waals surface area contributed by atoms with Crippen LogP contribution in [0.15, 0.2) is 48.5 Å². The van der Waals surface area contributed by atoms with Crippen LogP contribution in [0.3, 0.4) is 0 Å². The van der Waals surface area contributed by atoms with Gasteiger partial charge in [-0.2, -0.15) is 0 Å². The molecule has 2 aromatic rings. The summed E-state index contributed by atoms with van der Waals surface area (Å²) in [7, 11) is 1.81. The van der Waals surface area contributed by atoms with Gasteiger partial charge in [-0.1, -0.05) is 37.3 Å². The van der Waals surface area contributed by atoms with Gasteiger partial charge in [0, 0.05) is 5.69 Å². The zero-order valence-corrected chi connectivity index (χ0v) is 17.0. The van der Waals surface area contributed by atoms with Crippen LogP contribution in [-0.4, -0.2) is 43.9 Å². The molecular weight excluding hydrogens is 368 g/mol. The van der Waals surface area contributed by atoms with E-state index in [1.165, 1.54) is 4.90 Å². The third-order valence-corrected chi connectivity index (χ3v) is 5.26. The Bertz CT molecular complexity index is 928. The van der Waals surface area contributed by atoms with Crippen molar-refractivity contribution in [3.05, 3.63) is 54.1 Å². The molecule has 3 rings (SSSR count). The Morgan fingerprint density at radius 3 is 2.62 bits per heavy atom. The van der Waals surface area contributed by atoms with Gasteiger partial charge in [0.1, 0.15) is 6.54 Å². The standard InChI is InChI=1S/C22H26N4O3/c1-4-16-9-5-6-10-17(16)23-20(27)13-25(3)15(2)22(29)26-14-21(28)24-18-11-7-8-12-19(18)26/h5-12,15H,4,13-14H2,1-3H3,(H,23,27)(H,24,28)/p+1/t15-/m1/s1. The summed E-state index contributed by atoms with van der Waals surface area (Å²) in [6, 6.07) is 14.4. The summed E-state index contributed by atoms with van der Waals surface area (Å²) in [5.41, 5.74) is 3.17. The van der Waals surface area contributed by atoms with Crippen LogP contribution in [0.5, 0.6) is 0 Å². The van der Waals surface area contributed by atoms with E-state index < -0.39 is 6.04 Å². The number of hydrogen-bond donors (Lipinski definition) is 3. The highest BCUT2D eigenvalue weighted by Gasteiger charge is 2.33. The Labute approximate surface area is 170 Å². The molecule has 2 aromatic carbocycles. The smallest absolute Gasteiger partial charge is 0.285 e. The number of aryl methyl sites for hydroxylation is 1. The molecule has 0 bridgehead atoms. The second-order valence-corrected chi connectivity index (χ2v) is 7.29. The van der Waals surface area contributed by atoms with E-state index in [2.05, 4.69) is 10.6 Å². The monoisotopic (exact) mass is 395 g/mol. The first kappa shape index (κ1) is 20.5. The summed E-state index contributed by atoms with van der Waals surface area (Å²) in [4.78, 5) is 39.9. The van der Waals surface area contributed by atoms with E-state index in [1.54, 1.807) is 13.0 Å². The van der Waals surface area contributed by atoms with Crippen LogP contribution < -0.4 is 20.4 Å². The van der Waals surface area contributed by atoms with Gasteiger partial charge in [0.05, 0.1) is 18.4 Å². The van der Waals surface area contributed by atoms with Crippen molar-refractivity contribution in [1.29, 1.82) is 0 Å². The van der Waals surface area contributed by atoms with Crippen molar-refractivity contribution in [3.8, 4) is 0 Å². The number of benzene rings is 2. The van der Waals surface area contributed by atoms with E-state index in [0.717, 1.165) is 22.6 Å². The quantitative estimate of drug-likeness (QED) is 0.684. The maximum Gasteiger partial charge on any atom is 0.285 e. The van der Waals surface area contributed by atoms with E-state index in [1.807, 2.05) is 56.4 Å². The van der Waals surface area contributed by atoms with Crippen molar-refractivity contribution in [3.63, 3.8) is 0 Å². The fourth-order valence-corrected chi connectivity index (χ4v) is 3.43. The Balaban J connectivity index is 1.67. The zero-order chi connectivity index (χ0) is 21.0. The average Bonchev–Trinajstić information content (AvgIpc) is 2.72.